The lowest BCUT2D eigenvalue weighted by molar-refractivity contribution is 0.0696. The third kappa shape index (κ3) is 3.19. The Kier molecular flexibility index (Phi) is 4.43. The molecule has 0 aliphatic carbocycles. The second kappa shape index (κ2) is 6.26. The smallest absolute Gasteiger partial charge is 0.336 e. The number of aromatic carboxylic acids is 1. The van der Waals surface area contributed by atoms with Crippen molar-refractivity contribution in [2.24, 2.45) is 0 Å². The minimum atomic E-state index is -0.991. The van der Waals surface area contributed by atoms with Gasteiger partial charge in [0.05, 0.1) is 12.7 Å². The Morgan fingerprint density at radius 2 is 1.95 bits per heavy atom. The van der Waals surface area contributed by atoms with Crippen molar-refractivity contribution < 1.29 is 14.6 Å². The third-order valence-electron chi connectivity index (χ3n) is 2.81. The first-order valence-corrected chi connectivity index (χ1v) is 6.33. The van der Waals surface area contributed by atoms with Crippen LogP contribution in [-0.2, 0) is 0 Å². The molecule has 0 saturated heterocycles. The zero-order valence-electron chi connectivity index (χ0n) is 10.8. The Balaban J connectivity index is 2.44. The molecule has 0 radical (unpaired) electrons. The second-order valence-electron chi connectivity index (χ2n) is 4.12. The van der Waals surface area contributed by atoms with Crippen molar-refractivity contribution in [3.05, 3.63) is 64.2 Å². The van der Waals surface area contributed by atoms with Gasteiger partial charge in [-0.15, -0.1) is 0 Å². The number of hydrogen-bond acceptors (Lipinski definition) is 2. The highest BCUT2D eigenvalue weighted by molar-refractivity contribution is 6.30. The van der Waals surface area contributed by atoms with Gasteiger partial charge in [-0.25, -0.2) is 4.79 Å². The van der Waals surface area contributed by atoms with Gasteiger partial charge < -0.3 is 9.84 Å². The van der Waals surface area contributed by atoms with Crippen molar-refractivity contribution in [3.63, 3.8) is 0 Å². The highest BCUT2D eigenvalue weighted by Crippen LogP contribution is 2.25. The van der Waals surface area contributed by atoms with Crippen molar-refractivity contribution in [3.8, 4) is 5.75 Å². The summed E-state index contributed by atoms with van der Waals surface area (Å²) >= 11 is 5.91. The van der Waals surface area contributed by atoms with Crippen LogP contribution in [0, 0.1) is 0 Å². The first-order chi connectivity index (χ1) is 9.61. The van der Waals surface area contributed by atoms with Gasteiger partial charge in [0.15, 0.2) is 0 Å². The van der Waals surface area contributed by atoms with Crippen molar-refractivity contribution in [1.82, 2.24) is 0 Å². The summed E-state index contributed by atoms with van der Waals surface area (Å²) in [5.74, 6) is -0.474. The van der Waals surface area contributed by atoms with Gasteiger partial charge in [0.2, 0.25) is 0 Å². The summed E-state index contributed by atoms with van der Waals surface area (Å²) in [4.78, 5) is 11.2. The molecule has 20 heavy (non-hydrogen) atoms. The van der Waals surface area contributed by atoms with Gasteiger partial charge in [-0.1, -0.05) is 35.9 Å². The molecule has 2 rings (SSSR count). The molecule has 0 aliphatic rings. The van der Waals surface area contributed by atoms with Gasteiger partial charge in [-0.05, 0) is 35.9 Å². The molecule has 0 atom stereocenters. The lowest BCUT2D eigenvalue weighted by Crippen LogP contribution is -2.01. The van der Waals surface area contributed by atoms with Crippen molar-refractivity contribution in [1.29, 1.82) is 0 Å². The van der Waals surface area contributed by atoms with E-state index in [-0.39, 0.29) is 5.56 Å². The van der Waals surface area contributed by atoms with Crippen LogP contribution in [0.1, 0.15) is 21.5 Å². The van der Waals surface area contributed by atoms with Crippen LogP contribution < -0.4 is 4.74 Å². The van der Waals surface area contributed by atoms with Crippen LogP contribution in [0.15, 0.2) is 42.5 Å². The molecule has 4 heteroatoms. The number of rotatable bonds is 4. The SMILES string of the molecule is COc1cccc(C(=O)O)c1C=Cc1cccc(Cl)c1. The Morgan fingerprint density at radius 3 is 2.60 bits per heavy atom. The molecular formula is C16H13ClO3. The van der Waals surface area contributed by atoms with Gasteiger partial charge in [0.25, 0.3) is 0 Å². The quantitative estimate of drug-likeness (QED) is 0.857. The maximum absolute atomic E-state index is 11.2. The molecule has 0 spiro atoms. The lowest BCUT2D eigenvalue weighted by atomic mass is 10.0. The van der Waals surface area contributed by atoms with E-state index in [2.05, 4.69) is 0 Å². The van der Waals surface area contributed by atoms with E-state index in [4.69, 9.17) is 16.3 Å². The fourth-order valence-electron chi connectivity index (χ4n) is 1.87. The largest absolute Gasteiger partial charge is 0.496 e. The van der Waals surface area contributed by atoms with Crippen molar-refractivity contribution >= 4 is 29.7 Å². The predicted octanol–water partition coefficient (Wildman–Crippen LogP) is 4.22. The van der Waals surface area contributed by atoms with E-state index in [9.17, 15) is 9.90 Å². The lowest BCUT2D eigenvalue weighted by Gasteiger charge is -2.07. The number of carboxylic acid groups (broad SMARTS) is 1. The zero-order valence-corrected chi connectivity index (χ0v) is 11.6. The monoisotopic (exact) mass is 288 g/mol. The molecule has 0 aliphatic heterocycles. The van der Waals surface area contributed by atoms with Crippen molar-refractivity contribution in [2.75, 3.05) is 7.11 Å². The van der Waals surface area contributed by atoms with Crippen LogP contribution in [0.25, 0.3) is 12.2 Å². The highest BCUT2D eigenvalue weighted by Gasteiger charge is 2.11. The summed E-state index contributed by atoms with van der Waals surface area (Å²) in [5, 5.41) is 9.85. The molecule has 0 heterocycles. The molecule has 102 valence electrons. The topological polar surface area (TPSA) is 46.5 Å². The maximum atomic E-state index is 11.2. The molecule has 2 aromatic rings. The average molecular weight is 289 g/mol. The Labute approximate surface area is 122 Å². The van der Waals surface area contributed by atoms with E-state index in [1.165, 1.54) is 7.11 Å². The van der Waals surface area contributed by atoms with Gasteiger partial charge >= 0.3 is 5.97 Å². The predicted molar refractivity (Wildman–Crippen MR) is 80.3 cm³/mol. The summed E-state index contributed by atoms with van der Waals surface area (Å²) in [6, 6.07) is 12.2. The van der Waals surface area contributed by atoms with Crippen LogP contribution in [0.5, 0.6) is 5.75 Å². The molecular weight excluding hydrogens is 276 g/mol. The fourth-order valence-corrected chi connectivity index (χ4v) is 2.07. The van der Waals surface area contributed by atoms with E-state index in [0.29, 0.717) is 16.3 Å². The number of halogens is 1. The summed E-state index contributed by atoms with van der Waals surface area (Å²) in [7, 11) is 1.51. The average Bonchev–Trinajstić information content (AvgIpc) is 2.44. The van der Waals surface area contributed by atoms with E-state index in [1.54, 1.807) is 42.5 Å². The molecule has 0 aromatic heterocycles. The standard InChI is InChI=1S/C16H13ClO3/c1-20-15-7-3-6-14(16(18)19)13(15)9-8-11-4-2-5-12(17)10-11/h2-10H,1H3,(H,18,19). The highest BCUT2D eigenvalue weighted by atomic mass is 35.5. The van der Waals surface area contributed by atoms with Crippen molar-refractivity contribution in [2.45, 2.75) is 0 Å². The molecule has 0 fully saturated rings. The van der Waals surface area contributed by atoms with Crippen LogP contribution in [-0.4, -0.2) is 18.2 Å². The summed E-state index contributed by atoms with van der Waals surface area (Å²) in [6.45, 7) is 0. The summed E-state index contributed by atoms with van der Waals surface area (Å²) < 4.78 is 5.21. The number of methoxy groups -OCH3 is 1. The van der Waals surface area contributed by atoms with Gasteiger partial charge in [-0.3, -0.25) is 0 Å². The minimum absolute atomic E-state index is 0.197. The van der Waals surface area contributed by atoms with Crippen LogP contribution >= 0.6 is 11.6 Å². The Bertz CT molecular complexity index is 663. The van der Waals surface area contributed by atoms with Crippen LogP contribution in [0.4, 0.5) is 0 Å². The first kappa shape index (κ1) is 14.2. The molecule has 0 amide bonds. The number of benzene rings is 2. The fraction of sp³-hybridized carbons (Fsp3) is 0.0625. The first-order valence-electron chi connectivity index (χ1n) is 5.96. The number of hydrogen-bond donors (Lipinski definition) is 1. The third-order valence-corrected chi connectivity index (χ3v) is 3.04. The number of carbonyl (C=O) groups is 1. The molecule has 2 aromatic carbocycles. The van der Waals surface area contributed by atoms with Crippen LogP contribution in [0.3, 0.4) is 0 Å². The minimum Gasteiger partial charge on any atom is -0.496 e. The van der Waals surface area contributed by atoms with Crippen LogP contribution in [0.2, 0.25) is 5.02 Å². The normalized spacial score (nSPS) is 10.7. The Hall–Kier alpha value is -2.26. The van der Waals surface area contributed by atoms with Gasteiger partial charge in [0.1, 0.15) is 5.75 Å². The Morgan fingerprint density at radius 1 is 1.20 bits per heavy atom. The second-order valence-corrected chi connectivity index (χ2v) is 4.55. The van der Waals surface area contributed by atoms with Gasteiger partial charge in [0, 0.05) is 10.6 Å². The molecule has 0 unspecified atom stereocenters. The van der Waals surface area contributed by atoms with E-state index in [0.717, 1.165) is 5.56 Å². The zero-order chi connectivity index (χ0) is 14.5. The van der Waals surface area contributed by atoms with E-state index >= 15 is 0 Å². The number of ether oxygens (including phenoxy) is 1. The molecule has 0 bridgehead atoms. The molecule has 3 nitrogen and oxygen atoms in total. The van der Waals surface area contributed by atoms with Gasteiger partial charge in [-0.2, -0.15) is 0 Å². The summed E-state index contributed by atoms with van der Waals surface area (Å²) in [5.41, 5.74) is 1.62. The van der Waals surface area contributed by atoms with E-state index in [1.807, 2.05) is 12.1 Å². The summed E-state index contributed by atoms with van der Waals surface area (Å²) in [6.07, 6.45) is 3.52. The van der Waals surface area contributed by atoms with E-state index < -0.39 is 5.97 Å². The molecule has 1 N–H and O–H groups in total. The maximum Gasteiger partial charge on any atom is 0.336 e. The number of carboxylic acids is 1. The molecule has 0 saturated carbocycles.